The third-order valence-electron chi connectivity index (χ3n) is 2.91. The molecule has 18 heavy (non-hydrogen) atoms. The van der Waals surface area contributed by atoms with Crippen LogP contribution in [-0.2, 0) is 12.8 Å². The SMILES string of the molecule is Cc1ccc(Cc2noc(CC(C)O)n2)cc1C. The van der Waals surface area contributed by atoms with Crippen molar-refractivity contribution in [1.82, 2.24) is 10.1 Å². The van der Waals surface area contributed by atoms with Crippen molar-refractivity contribution in [3.63, 3.8) is 0 Å². The Kier molecular flexibility index (Phi) is 3.77. The van der Waals surface area contributed by atoms with Crippen molar-refractivity contribution < 1.29 is 9.63 Å². The van der Waals surface area contributed by atoms with Crippen molar-refractivity contribution in [3.05, 3.63) is 46.6 Å². The summed E-state index contributed by atoms with van der Waals surface area (Å²) in [6.45, 7) is 5.88. The van der Waals surface area contributed by atoms with E-state index in [0.29, 0.717) is 24.6 Å². The van der Waals surface area contributed by atoms with Gasteiger partial charge in [0, 0.05) is 6.42 Å². The zero-order chi connectivity index (χ0) is 13.1. The van der Waals surface area contributed by atoms with Crippen LogP contribution >= 0.6 is 0 Å². The highest BCUT2D eigenvalue weighted by atomic mass is 16.5. The Hall–Kier alpha value is -1.68. The molecule has 1 N–H and O–H groups in total. The quantitative estimate of drug-likeness (QED) is 0.898. The molecule has 0 saturated heterocycles. The van der Waals surface area contributed by atoms with E-state index in [4.69, 9.17) is 4.52 Å². The van der Waals surface area contributed by atoms with Gasteiger partial charge in [-0.1, -0.05) is 23.4 Å². The fourth-order valence-corrected chi connectivity index (χ4v) is 1.79. The first kappa shape index (κ1) is 12.8. The monoisotopic (exact) mass is 246 g/mol. The second-order valence-electron chi connectivity index (χ2n) is 4.75. The normalized spacial score (nSPS) is 12.7. The highest BCUT2D eigenvalue weighted by molar-refractivity contribution is 5.31. The van der Waals surface area contributed by atoms with Crippen molar-refractivity contribution in [2.75, 3.05) is 0 Å². The van der Waals surface area contributed by atoms with Crippen LogP contribution in [0.4, 0.5) is 0 Å². The van der Waals surface area contributed by atoms with E-state index in [2.05, 4.69) is 42.2 Å². The molecule has 1 aromatic heterocycles. The lowest BCUT2D eigenvalue weighted by Crippen LogP contribution is -2.04. The third kappa shape index (κ3) is 3.17. The maximum Gasteiger partial charge on any atom is 0.229 e. The molecular formula is C14H18N2O2. The van der Waals surface area contributed by atoms with E-state index in [9.17, 15) is 5.11 Å². The van der Waals surface area contributed by atoms with Crippen LogP contribution < -0.4 is 0 Å². The van der Waals surface area contributed by atoms with Crippen LogP contribution in [0.15, 0.2) is 22.7 Å². The van der Waals surface area contributed by atoms with Gasteiger partial charge < -0.3 is 9.63 Å². The van der Waals surface area contributed by atoms with Crippen LogP contribution in [0, 0.1) is 13.8 Å². The number of aliphatic hydroxyl groups is 1. The van der Waals surface area contributed by atoms with Gasteiger partial charge in [0.25, 0.3) is 0 Å². The second kappa shape index (κ2) is 5.31. The average molecular weight is 246 g/mol. The van der Waals surface area contributed by atoms with E-state index in [1.54, 1.807) is 6.92 Å². The smallest absolute Gasteiger partial charge is 0.229 e. The molecular weight excluding hydrogens is 228 g/mol. The van der Waals surface area contributed by atoms with Crippen LogP contribution in [0.1, 0.15) is 35.3 Å². The minimum atomic E-state index is -0.458. The molecule has 0 aliphatic rings. The summed E-state index contributed by atoms with van der Waals surface area (Å²) < 4.78 is 5.08. The molecule has 2 rings (SSSR count). The minimum Gasteiger partial charge on any atom is -0.393 e. The standard InChI is InChI=1S/C14H18N2O2/c1-9-4-5-12(6-10(9)2)8-13-15-14(18-16-13)7-11(3)17/h4-6,11,17H,7-8H2,1-3H3. The van der Waals surface area contributed by atoms with Gasteiger partial charge >= 0.3 is 0 Å². The van der Waals surface area contributed by atoms with Gasteiger partial charge in [-0.15, -0.1) is 0 Å². The molecule has 0 aliphatic carbocycles. The molecule has 0 bridgehead atoms. The van der Waals surface area contributed by atoms with Crippen LogP contribution in [0.2, 0.25) is 0 Å². The van der Waals surface area contributed by atoms with Crippen LogP contribution in [-0.4, -0.2) is 21.4 Å². The number of aromatic nitrogens is 2. The van der Waals surface area contributed by atoms with Gasteiger partial charge in [0.15, 0.2) is 5.82 Å². The van der Waals surface area contributed by atoms with E-state index in [-0.39, 0.29) is 0 Å². The predicted octanol–water partition coefficient (Wildman–Crippen LogP) is 2.20. The predicted molar refractivity (Wildman–Crippen MR) is 68.4 cm³/mol. The van der Waals surface area contributed by atoms with Gasteiger partial charge in [-0.3, -0.25) is 0 Å². The van der Waals surface area contributed by atoms with E-state index in [0.717, 1.165) is 0 Å². The van der Waals surface area contributed by atoms with Crippen LogP contribution in [0.25, 0.3) is 0 Å². The lowest BCUT2D eigenvalue weighted by Gasteiger charge is -2.02. The lowest BCUT2D eigenvalue weighted by atomic mass is 10.0. The molecule has 0 saturated carbocycles. The molecule has 1 heterocycles. The molecule has 0 amide bonds. The number of aliphatic hydroxyl groups excluding tert-OH is 1. The Morgan fingerprint density at radius 2 is 2.06 bits per heavy atom. The number of aryl methyl sites for hydroxylation is 2. The highest BCUT2D eigenvalue weighted by Crippen LogP contribution is 2.13. The Morgan fingerprint density at radius 1 is 1.28 bits per heavy atom. The molecule has 0 fully saturated rings. The van der Waals surface area contributed by atoms with Crippen molar-refractivity contribution in [1.29, 1.82) is 0 Å². The number of hydrogen-bond acceptors (Lipinski definition) is 4. The summed E-state index contributed by atoms with van der Waals surface area (Å²) in [5.74, 6) is 1.15. The molecule has 0 radical (unpaired) electrons. The molecule has 96 valence electrons. The molecule has 1 aromatic carbocycles. The zero-order valence-corrected chi connectivity index (χ0v) is 11.0. The van der Waals surface area contributed by atoms with Crippen molar-refractivity contribution >= 4 is 0 Å². The topological polar surface area (TPSA) is 59.2 Å². The van der Waals surface area contributed by atoms with Crippen molar-refractivity contribution in [3.8, 4) is 0 Å². The molecule has 0 aliphatic heterocycles. The number of benzene rings is 1. The maximum atomic E-state index is 9.24. The Labute approximate surface area is 107 Å². The van der Waals surface area contributed by atoms with Crippen molar-refractivity contribution in [2.24, 2.45) is 0 Å². The molecule has 2 aromatic rings. The summed E-state index contributed by atoms with van der Waals surface area (Å²) in [4.78, 5) is 4.26. The fraction of sp³-hybridized carbons (Fsp3) is 0.429. The molecule has 1 unspecified atom stereocenters. The zero-order valence-electron chi connectivity index (χ0n) is 11.0. The van der Waals surface area contributed by atoms with Gasteiger partial charge in [-0.05, 0) is 37.5 Å². The fourth-order valence-electron chi connectivity index (χ4n) is 1.79. The first-order valence-corrected chi connectivity index (χ1v) is 6.10. The number of rotatable bonds is 4. The van der Waals surface area contributed by atoms with Gasteiger partial charge in [0.1, 0.15) is 0 Å². The van der Waals surface area contributed by atoms with Gasteiger partial charge in [-0.25, -0.2) is 0 Å². The summed E-state index contributed by atoms with van der Waals surface area (Å²) >= 11 is 0. The number of nitrogens with zero attached hydrogens (tertiary/aromatic N) is 2. The number of hydrogen-bond donors (Lipinski definition) is 1. The summed E-state index contributed by atoms with van der Waals surface area (Å²) in [5.41, 5.74) is 3.71. The third-order valence-corrected chi connectivity index (χ3v) is 2.91. The van der Waals surface area contributed by atoms with E-state index >= 15 is 0 Å². The molecule has 1 atom stereocenters. The molecule has 4 heteroatoms. The van der Waals surface area contributed by atoms with Gasteiger partial charge in [0.05, 0.1) is 12.5 Å². The van der Waals surface area contributed by atoms with E-state index in [1.165, 1.54) is 16.7 Å². The van der Waals surface area contributed by atoms with Crippen LogP contribution in [0.5, 0.6) is 0 Å². The Morgan fingerprint density at radius 3 is 2.72 bits per heavy atom. The minimum absolute atomic E-state index is 0.403. The van der Waals surface area contributed by atoms with Crippen molar-refractivity contribution in [2.45, 2.75) is 39.7 Å². The van der Waals surface area contributed by atoms with E-state index in [1.807, 2.05) is 0 Å². The summed E-state index contributed by atoms with van der Waals surface area (Å²) in [7, 11) is 0. The first-order valence-electron chi connectivity index (χ1n) is 6.10. The van der Waals surface area contributed by atoms with E-state index < -0.39 is 6.10 Å². The Balaban J connectivity index is 2.08. The second-order valence-corrected chi connectivity index (χ2v) is 4.75. The summed E-state index contributed by atoms with van der Waals surface area (Å²) in [6, 6.07) is 6.31. The van der Waals surface area contributed by atoms with Gasteiger partial charge in [0.2, 0.25) is 5.89 Å². The largest absolute Gasteiger partial charge is 0.393 e. The molecule has 4 nitrogen and oxygen atoms in total. The summed E-state index contributed by atoms with van der Waals surface area (Å²) in [5, 5.41) is 13.2. The lowest BCUT2D eigenvalue weighted by molar-refractivity contribution is 0.181. The van der Waals surface area contributed by atoms with Gasteiger partial charge in [-0.2, -0.15) is 4.98 Å². The summed E-state index contributed by atoms with van der Waals surface area (Å²) in [6.07, 6.45) is 0.601. The maximum absolute atomic E-state index is 9.24. The highest BCUT2D eigenvalue weighted by Gasteiger charge is 2.09. The first-order chi connectivity index (χ1) is 8.54. The molecule has 0 spiro atoms. The van der Waals surface area contributed by atoms with Crippen LogP contribution in [0.3, 0.4) is 0 Å². The Bertz CT molecular complexity index is 532. The average Bonchev–Trinajstić information content (AvgIpc) is 2.70.